The minimum Gasteiger partial charge on any atom is -0.240 e. The molecule has 3 nitrogen and oxygen atoms in total. The Bertz CT molecular complexity index is 568. The zero-order chi connectivity index (χ0) is 13.3. The number of hydrogen-bond donors (Lipinski definition) is 0. The van der Waals surface area contributed by atoms with Gasteiger partial charge in [-0.3, -0.25) is 0 Å². The minimum absolute atomic E-state index is 0.375. The molecule has 96 valence electrons. The van der Waals surface area contributed by atoms with E-state index in [9.17, 15) is 13.2 Å². The Labute approximate surface area is 113 Å². The highest BCUT2D eigenvalue weighted by Crippen LogP contribution is 2.36. The molecule has 0 aromatic carbocycles. The molecule has 0 aliphatic carbocycles. The van der Waals surface area contributed by atoms with Gasteiger partial charge in [0.15, 0.2) is 5.01 Å². The number of nitrogens with zero attached hydrogens (tertiary/aromatic N) is 3. The van der Waals surface area contributed by atoms with E-state index in [1.165, 1.54) is 6.20 Å². The van der Waals surface area contributed by atoms with E-state index in [1.54, 1.807) is 6.07 Å². The second-order valence-corrected chi connectivity index (χ2v) is 5.22. The summed E-state index contributed by atoms with van der Waals surface area (Å²) >= 11 is 3.78. The van der Waals surface area contributed by atoms with Crippen molar-refractivity contribution in [2.45, 2.75) is 19.5 Å². The van der Waals surface area contributed by atoms with Gasteiger partial charge in [-0.05, 0) is 22.0 Å². The van der Waals surface area contributed by atoms with Gasteiger partial charge in [-0.25, -0.2) is 15.0 Å². The number of rotatable bonds is 2. The maximum absolute atomic E-state index is 12.4. The van der Waals surface area contributed by atoms with Gasteiger partial charge in [-0.2, -0.15) is 13.2 Å². The maximum atomic E-state index is 12.4. The fraction of sp³-hybridized carbons (Fsp3) is 0.300. The molecule has 0 unspecified atom stereocenters. The smallest absolute Gasteiger partial charge is 0.240 e. The van der Waals surface area contributed by atoms with E-state index in [1.807, 2.05) is 6.92 Å². The van der Waals surface area contributed by atoms with E-state index in [4.69, 9.17) is 0 Å². The first-order valence-corrected chi connectivity index (χ1v) is 6.58. The van der Waals surface area contributed by atoms with Crippen molar-refractivity contribution < 1.29 is 13.2 Å². The Morgan fingerprint density at radius 2 is 2.06 bits per heavy atom. The summed E-state index contributed by atoms with van der Waals surface area (Å²) in [6, 6.07) is 1.58. The van der Waals surface area contributed by atoms with Crippen LogP contribution in [0.4, 0.5) is 13.2 Å². The number of alkyl halides is 3. The Hall–Kier alpha value is -1.02. The van der Waals surface area contributed by atoms with Crippen LogP contribution in [0, 0.1) is 0 Å². The topological polar surface area (TPSA) is 38.7 Å². The van der Waals surface area contributed by atoms with Crippen molar-refractivity contribution in [1.29, 1.82) is 0 Å². The molecule has 0 radical (unpaired) electrons. The first-order valence-electron chi connectivity index (χ1n) is 4.97. The zero-order valence-electron chi connectivity index (χ0n) is 9.12. The van der Waals surface area contributed by atoms with Crippen molar-refractivity contribution in [3.05, 3.63) is 27.7 Å². The van der Waals surface area contributed by atoms with Gasteiger partial charge in [0.05, 0.1) is 10.6 Å². The lowest BCUT2D eigenvalue weighted by Crippen LogP contribution is -2.02. The van der Waals surface area contributed by atoms with Crippen LogP contribution in [0.2, 0.25) is 0 Å². The summed E-state index contributed by atoms with van der Waals surface area (Å²) in [4.78, 5) is 12.0. The van der Waals surface area contributed by atoms with Crippen molar-refractivity contribution in [1.82, 2.24) is 15.0 Å². The van der Waals surface area contributed by atoms with E-state index >= 15 is 0 Å². The predicted octanol–water partition coefficient (Wildman–Crippen LogP) is 3.94. The standard InChI is InChI=1S/C10H7BrF3N3S/c1-2-8-16-5(3-7(11)17-8)6-4-15-9(18-6)10(12,13)14/h3-4H,2H2,1H3. The number of halogens is 4. The largest absolute Gasteiger partial charge is 0.443 e. The van der Waals surface area contributed by atoms with Crippen LogP contribution in [0.3, 0.4) is 0 Å². The molecule has 0 bridgehead atoms. The van der Waals surface area contributed by atoms with Gasteiger partial charge >= 0.3 is 6.18 Å². The third-order valence-corrected chi connectivity index (χ3v) is 3.53. The molecule has 0 atom stereocenters. The summed E-state index contributed by atoms with van der Waals surface area (Å²) in [7, 11) is 0. The Kier molecular flexibility index (Phi) is 3.67. The van der Waals surface area contributed by atoms with Gasteiger partial charge in [-0.1, -0.05) is 6.92 Å². The predicted molar refractivity (Wildman–Crippen MR) is 65.2 cm³/mol. The summed E-state index contributed by atoms with van der Waals surface area (Å²) < 4.78 is 37.9. The number of thiazole rings is 1. The molecule has 2 rings (SSSR count). The molecule has 0 aliphatic rings. The van der Waals surface area contributed by atoms with E-state index < -0.39 is 11.2 Å². The van der Waals surface area contributed by atoms with Crippen LogP contribution < -0.4 is 0 Å². The summed E-state index contributed by atoms with van der Waals surface area (Å²) in [6.45, 7) is 1.87. The normalized spacial score (nSPS) is 11.8. The van der Waals surface area contributed by atoms with E-state index in [2.05, 4.69) is 30.9 Å². The number of hydrogen-bond acceptors (Lipinski definition) is 4. The first kappa shape index (κ1) is 13.4. The molecular weight excluding hydrogens is 331 g/mol. The van der Waals surface area contributed by atoms with Gasteiger partial charge < -0.3 is 0 Å². The Morgan fingerprint density at radius 1 is 1.33 bits per heavy atom. The summed E-state index contributed by atoms with van der Waals surface area (Å²) in [5, 5.41) is -0.870. The lowest BCUT2D eigenvalue weighted by Gasteiger charge is -2.01. The summed E-state index contributed by atoms with van der Waals surface area (Å²) in [6.07, 6.45) is -2.63. The van der Waals surface area contributed by atoms with Crippen LogP contribution >= 0.6 is 27.3 Å². The molecule has 0 saturated heterocycles. The summed E-state index contributed by atoms with van der Waals surface area (Å²) in [5.74, 6) is 0.571. The number of aromatic nitrogens is 3. The molecule has 0 fully saturated rings. The van der Waals surface area contributed by atoms with Crippen LogP contribution in [-0.2, 0) is 12.6 Å². The van der Waals surface area contributed by atoms with Crippen molar-refractivity contribution in [2.75, 3.05) is 0 Å². The quantitative estimate of drug-likeness (QED) is 0.779. The molecule has 0 N–H and O–H groups in total. The molecule has 0 saturated carbocycles. The second-order valence-electron chi connectivity index (χ2n) is 3.37. The van der Waals surface area contributed by atoms with Gasteiger partial charge in [0.2, 0.25) is 0 Å². The molecule has 0 amide bonds. The fourth-order valence-electron chi connectivity index (χ4n) is 1.27. The molecule has 8 heteroatoms. The van der Waals surface area contributed by atoms with Gasteiger partial charge in [-0.15, -0.1) is 11.3 Å². The van der Waals surface area contributed by atoms with Gasteiger partial charge in [0, 0.05) is 12.6 Å². The molecule has 2 heterocycles. The van der Waals surface area contributed by atoms with Crippen molar-refractivity contribution in [3.63, 3.8) is 0 Å². The van der Waals surface area contributed by atoms with Crippen LogP contribution in [0.1, 0.15) is 17.8 Å². The molecule has 2 aromatic heterocycles. The molecule has 0 aliphatic heterocycles. The lowest BCUT2D eigenvalue weighted by atomic mass is 10.3. The van der Waals surface area contributed by atoms with Crippen LogP contribution in [0.25, 0.3) is 10.6 Å². The monoisotopic (exact) mass is 337 g/mol. The molecule has 2 aromatic rings. The highest BCUT2D eigenvalue weighted by molar-refractivity contribution is 9.10. The minimum atomic E-state index is -4.42. The van der Waals surface area contributed by atoms with Crippen LogP contribution in [0.5, 0.6) is 0 Å². The van der Waals surface area contributed by atoms with E-state index in [0.717, 1.165) is 0 Å². The summed E-state index contributed by atoms with van der Waals surface area (Å²) in [5.41, 5.74) is 0.446. The SMILES string of the molecule is CCc1nc(Br)cc(-c2cnc(C(F)(F)F)s2)n1. The third-order valence-electron chi connectivity index (χ3n) is 2.06. The molecular formula is C10H7BrF3N3S. The van der Waals surface area contributed by atoms with Crippen LogP contribution in [-0.4, -0.2) is 15.0 Å². The lowest BCUT2D eigenvalue weighted by molar-refractivity contribution is -0.137. The average molecular weight is 338 g/mol. The first-order chi connectivity index (χ1) is 8.40. The Balaban J connectivity index is 2.43. The highest BCUT2D eigenvalue weighted by Gasteiger charge is 2.34. The second kappa shape index (κ2) is 4.93. The maximum Gasteiger partial charge on any atom is 0.443 e. The van der Waals surface area contributed by atoms with E-state index in [0.29, 0.717) is 38.8 Å². The van der Waals surface area contributed by atoms with Crippen molar-refractivity contribution >= 4 is 27.3 Å². The van der Waals surface area contributed by atoms with Gasteiger partial charge in [0.1, 0.15) is 10.4 Å². The van der Waals surface area contributed by atoms with E-state index in [-0.39, 0.29) is 0 Å². The van der Waals surface area contributed by atoms with Crippen LogP contribution in [0.15, 0.2) is 16.9 Å². The average Bonchev–Trinajstić information content (AvgIpc) is 2.77. The van der Waals surface area contributed by atoms with Crippen molar-refractivity contribution in [3.8, 4) is 10.6 Å². The zero-order valence-corrected chi connectivity index (χ0v) is 11.5. The van der Waals surface area contributed by atoms with Crippen molar-refractivity contribution in [2.24, 2.45) is 0 Å². The van der Waals surface area contributed by atoms with Gasteiger partial charge in [0.25, 0.3) is 0 Å². The molecule has 0 spiro atoms. The fourth-order valence-corrected chi connectivity index (χ4v) is 2.44. The third kappa shape index (κ3) is 2.86. The molecule has 18 heavy (non-hydrogen) atoms. The highest BCUT2D eigenvalue weighted by atomic mass is 79.9. The number of aryl methyl sites for hydroxylation is 1. The Morgan fingerprint density at radius 3 is 2.61 bits per heavy atom.